The van der Waals surface area contributed by atoms with Crippen LogP contribution in [0.25, 0.3) is 0 Å². The van der Waals surface area contributed by atoms with Crippen LogP contribution >= 0.6 is 0 Å². The van der Waals surface area contributed by atoms with Crippen LogP contribution in [-0.2, 0) is 11.3 Å². The van der Waals surface area contributed by atoms with Gasteiger partial charge < -0.3 is 5.32 Å². The molecule has 0 unspecified atom stereocenters. The summed E-state index contributed by atoms with van der Waals surface area (Å²) in [6.45, 7) is 1.40. The Balaban J connectivity index is 2.10. The first-order valence-corrected chi connectivity index (χ1v) is 6.12. The van der Waals surface area contributed by atoms with Gasteiger partial charge in [-0.1, -0.05) is 12.1 Å². The number of carbonyl (C=O) groups excluding carboxylic acids is 1. The quantitative estimate of drug-likeness (QED) is 0.941. The highest BCUT2D eigenvalue weighted by atomic mass is 19.3. The Hall–Kier alpha value is -2.75. The molecule has 2 aromatic rings. The van der Waals surface area contributed by atoms with Crippen LogP contribution in [-0.4, -0.2) is 15.7 Å². The molecule has 0 aliphatic heterocycles. The summed E-state index contributed by atoms with van der Waals surface area (Å²) in [6.07, 6.45) is -2.67. The van der Waals surface area contributed by atoms with Crippen molar-refractivity contribution in [3.63, 3.8) is 0 Å². The van der Waals surface area contributed by atoms with E-state index >= 15 is 0 Å². The van der Waals surface area contributed by atoms with Crippen LogP contribution in [0, 0.1) is 18.3 Å². The molecule has 5 nitrogen and oxygen atoms in total. The average molecular weight is 290 g/mol. The summed E-state index contributed by atoms with van der Waals surface area (Å²) in [7, 11) is 0. The lowest BCUT2D eigenvalue weighted by atomic mass is 10.2. The fraction of sp³-hybridized carbons (Fsp3) is 0.214. The Labute approximate surface area is 119 Å². The molecule has 1 N–H and O–H groups in total. The summed E-state index contributed by atoms with van der Waals surface area (Å²) in [4.78, 5) is 11.9. The molecule has 1 aromatic carbocycles. The second-order valence-electron chi connectivity index (χ2n) is 4.37. The van der Waals surface area contributed by atoms with E-state index in [2.05, 4.69) is 10.4 Å². The first-order chi connectivity index (χ1) is 10.0. The van der Waals surface area contributed by atoms with E-state index in [4.69, 9.17) is 5.26 Å². The van der Waals surface area contributed by atoms with Gasteiger partial charge in [0.25, 0.3) is 6.43 Å². The minimum absolute atomic E-state index is 0.196. The molecule has 21 heavy (non-hydrogen) atoms. The van der Waals surface area contributed by atoms with Gasteiger partial charge in [0.05, 0.1) is 11.3 Å². The second-order valence-corrected chi connectivity index (χ2v) is 4.37. The van der Waals surface area contributed by atoms with E-state index in [9.17, 15) is 13.6 Å². The second kappa shape index (κ2) is 6.13. The molecule has 0 saturated heterocycles. The van der Waals surface area contributed by atoms with Crippen molar-refractivity contribution in [2.45, 2.75) is 19.9 Å². The van der Waals surface area contributed by atoms with Crippen molar-refractivity contribution in [3.05, 3.63) is 47.3 Å². The Kier molecular flexibility index (Phi) is 4.28. The lowest BCUT2D eigenvalue weighted by molar-refractivity contribution is -0.117. The third-order valence-corrected chi connectivity index (χ3v) is 2.84. The van der Waals surface area contributed by atoms with Crippen molar-refractivity contribution in [1.29, 1.82) is 5.26 Å². The summed E-state index contributed by atoms with van der Waals surface area (Å²) in [5, 5.41) is 15.2. The highest BCUT2D eigenvalue weighted by molar-refractivity contribution is 5.91. The maximum Gasteiger partial charge on any atom is 0.282 e. The predicted octanol–water partition coefficient (Wildman–Crippen LogP) is 2.64. The first kappa shape index (κ1) is 14.7. The van der Waals surface area contributed by atoms with Crippen LogP contribution in [0.1, 0.15) is 23.4 Å². The van der Waals surface area contributed by atoms with Gasteiger partial charge in [-0.2, -0.15) is 10.4 Å². The number of aryl methyl sites for hydroxylation is 1. The number of alkyl halides is 2. The van der Waals surface area contributed by atoms with E-state index in [0.29, 0.717) is 16.9 Å². The van der Waals surface area contributed by atoms with Crippen molar-refractivity contribution >= 4 is 11.6 Å². The average Bonchev–Trinajstić information content (AvgIpc) is 2.81. The monoisotopic (exact) mass is 290 g/mol. The van der Waals surface area contributed by atoms with Crippen molar-refractivity contribution < 1.29 is 13.6 Å². The number of aromatic nitrogens is 2. The molecule has 7 heteroatoms. The molecule has 2 rings (SSSR count). The molecule has 0 spiro atoms. The third kappa shape index (κ3) is 3.42. The summed E-state index contributed by atoms with van der Waals surface area (Å²) in [5.41, 5.74) is 0.812. The molecule has 0 fully saturated rings. The number of nitriles is 1. The van der Waals surface area contributed by atoms with Gasteiger partial charge in [0.2, 0.25) is 5.91 Å². The van der Waals surface area contributed by atoms with Gasteiger partial charge >= 0.3 is 0 Å². The third-order valence-electron chi connectivity index (χ3n) is 2.84. The smallest absolute Gasteiger partial charge is 0.282 e. The largest absolute Gasteiger partial charge is 0.323 e. The van der Waals surface area contributed by atoms with E-state index in [1.807, 2.05) is 6.07 Å². The van der Waals surface area contributed by atoms with Gasteiger partial charge in [0, 0.05) is 5.69 Å². The maximum absolute atomic E-state index is 12.5. The molecule has 0 aliphatic rings. The molecule has 1 aromatic heterocycles. The zero-order valence-electron chi connectivity index (χ0n) is 11.2. The first-order valence-electron chi connectivity index (χ1n) is 6.12. The number of carbonyl (C=O) groups is 1. The lowest BCUT2D eigenvalue weighted by Gasteiger charge is -2.08. The molecule has 108 valence electrons. The number of rotatable bonds is 4. The summed E-state index contributed by atoms with van der Waals surface area (Å²) in [5.74, 6) is -0.440. The number of hydrogen-bond donors (Lipinski definition) is 1. The van der Waals surface area contributed by atoms with Crippen LogP contribution in [0.15, 0.2) is 30.3 Å². The Morgan fingerprint density at radius 2 is 2.19 bits per heavy atom. The molecule has 0 aliphatic carbocycles. The number of benzene rings is 1. The van der Waals surface area contributed by atoms with E-state index in [0.717, 1.165) is 0 Å². The molecule has 0 bridgehead atoms. The van der Waals surface area contributed by atoms with E-state index in [1.54, 1.807) is 31.2 Å². The molecule has 0 atom stereocenters. The summed E-state index contributed by atoms with van der Waals surface area (Å²) < 4.78 is 26.3. The number of para-hydroxylation sites is 1. The number of halogens is 2. The standard InChI is InChI=1S/C14H12F2N4O/c1-9-6-12(14(15)16)19-20(9)8-13(21)18-11-5-3-2-4-10(11)7-17/h2-6,14H,8H2,1H3,(H,18,21). The molecular formula is C14H12F2N4O. The van der Waals surface area contributed by atoms with Crippen LogP contribution in [0.5, 0.6) is 0 Å². The zero-order chi connectivity index (χ0) is 15.4. The SMILES string of the molecule is Cc1cc(C(F)F)nn1CC(=O)Nc1ccccc1C#N. The zero-order valence-corrected chi connectivity index (χ0v) is 11.2. The molecule has 1 amide bonds. The van der Waals surface area contributed by atoms with Crippen LogP contribution in [0.4, 0.5) is 14.5 Å². The van der Waals surface area contributed by atoms with E-state index in [1.165, 1.54) is 10.7 Å². The number of anilines is 1. The fourth-order valence-corrected chi connectivity index (χ4v) is 1.82. The van der Waals surface area contributed by atoms with Crippen LogP contribution < -0.4 is 5.32 Å². The lowest BCUT2D eigenvalue weighted by Crippen LogP contribution is -2.20. The normalized spacial score (nSPS) is 10.4. The highest BCUT2D eigenvalue weighted by Crippen LogP contribution is 2.18. The summed E-state index contributed by atoms with van der Waals surface area (Å²) in [6, 6.07) is 9.73. The van der Waals surface area contributed by atoms with Crippen molar-refractivity contribution in [2.75, 3.05) is 5.32 Å². The number of nitrogens with one attached hydrogen (secondary N) is 1. The molecule has 0 radical (unpaired) electrons. The van der Waals surface area contributed by atoms with Gasteiger partial charge in [-0.25, -0.2) is 8.78 Å². The summed E-state index contributed by atoms with van der Waals surface area (Å²) >= 11 is 0. The topological polar surface area (TPSA) is 70.7 Å². The maximum atomic E-state index is 12.5. The van der Waals surface area contributed by atoms with Gasteiger partial charge in [0.15, 0.2) is 0 Å². The predicted molar refractivity (Wildman–Crippen MR) is 71.7 cm³/mol. The number of nitrogens with zero attached hydrogens (tertiary/aromatic N) is 3. The Bertz CT molecular complexity index is 703. The minimum Gasteiger partial charge on any atom is -0.323 e. The Morgan fingerprint density at radius 1 is 1.48 bits per heavy atom. The molecule has 0 saturated carbocycles. The van der Waals surface area contributed by atoms with Gasteiger partial charge in [-0.05, 0) is 25.1 Å². The fourth-order valence-electron chi connectivity index (χ4n) is 1.82. The minimum atomic E-state index is -2.67. The van der Waals surface area contributed by atoms with E-state index in [-0.39, 0.29) is 12.2 Å². The van der Waals surface area contributed by atoms with Crippen molar-refractivity contribution in [1.82, 2.24) is 9.78 Å². The number of hydrogen-bond acceptors (Lipinski definition) is 3. The molecular weight excluding hydrogens is 278 g/mol. The van der Waals surface area contributed by atoms with E-state index < -0.39 is 12.3 Å². The van der Waals surface area contributed by atoms with Crippen LogP contribution in [0.3, 0.4) is 0 Å². The van der Waals surface area contributed by atoms with Gasteiger partial charge in [-0.3, -0.25) is 9.48 Å². The Morgan fingerprint density at radius 3 is 2.81 bits per heavy atom. The van der Waals surface area contributed by atoms with Gasteiger partial charge in [0.1, 0.15) is 18.3 Å². The van der Waals surface area contributed by atoms with Crippen LogP contribution in [0.2, 0.25) is 0 Å². The van der Waals surface area contributed by atoms with Gasteiger partial charge in [-0.15, -0.1) is 0 Å². The molecule has 1 heterocycles. The van der Waals surface area contributed by atoms with Crippen molar-refractivity contribution in [2.24, 2.45) is 0 Å². The highest BCUT2D eigenvalue weighted by Gasteiger charge is 2.15. The van der Waals surface area contributed by atoms with Crippen molar-refractivity contribution in [3.8, 4) is 6.07 Å². The number of amides is 1.